The molecule has 6 nitrogen and oxygen atoms in total. The summed E-state index contributed by atoms with van der Waals surface area (Å²) in [4.78, 5) is 30.6. The van der Waals surface area contributed by atoms with Gasteiger partial charge in [0.2, 0.25) is 5.91 Å². The van der Waals surface area contributed by atoms with E-state index in [9.17, 15) is 9.59 Å². The molecule has 0 fully saturated rings. The number of carbonyl (C=O) groups is 2. The van der Waals surface area contributed by atoms with Crippen molar-refractivity contribution < 1.29 is 9.59 Å². The molecule has 1 aromatic heterocycles. The van der Waals surface area contributed by atoms with Crippen LogP contribution in [0, 0.1) is 0 Å². The van der Waals surface area contributed by atoms with Crippen LogP contribution in [0.5, 0.6) is 0 Å². The van der Waals surface area contributed by atoms with Gasteiger partial charge in [0, 0.05) is 12.4 Å². The summed E-state index contributed by atoms with van der Waals surface area (Å²) in [5.74, 6) is -0.0403. The van der Waals surface area contributed by atoms with Crippen LogP contribution in [0.4, 0.5) is 0 Å². The molecule has 3 N–H and O–H groups in total. The summed E-state index contributed by atoms with van der Waals surface area (Å²) in [5.41, 5.74) is 0.339. The maximum absolute atomic E-state index is 11.9. The SMILES string of the molecule is CC(NC(=O)CNC(=O)c1ccccc1Cl)c1ncc[nH]1. The molecular weight excluding hydrogens is 292 g/mol. The van der Waals surface area contributed by atoms with E-state index in [0.717, 1.165) is 0 Å². The summed E-state index contributed by atoms with van der Waals surface area (Å²) in [6, 6.07) is 6.40. The van der Waals surface area contributed by atoms with Crippen molar-refractivity contribution in [3.8, 4) is 0 Å². The first kappa shape index (κ1) is 15.1. The molecule has 0 aliphatic rings. The summed E-state index contributed by atoms with van der Waals surface area (Å²) < 4.78 is 0. The lowest BCUT2D eigenvalue weighted by atomic mass is 10.2. The molecule has 1 aromatic carbocycles. The zero-order valence-electron chi connectivity index (χ0n) is 11.4. The summed E-state index contributed by atoms with van der Waals surface area (Å²) in [5, 5.41) is 5.59. The molecular formula is C14H15ClN4O2. The number of imidazole rings is 1. The predicted octanol–water partition coefficient (Wildman–Crippen LogP) is 1.67. The van der Waals surface area contributed by atoms with Gasteiger partial charge in [-0.15, -0.1) is 0 Å². The van der Waals surface area contributed by atoms with Gasteiger partial charge >= 0.3 is 0 Å². The van der Waals surface area contributed by atoms with Crippen molar-refractivity contribution in [3.05, 3.63) is 53.1 Å². The molecule has 1 atom stereocenters. The highest BCUT2D eigenvalue weighted by atomic mass is 35.5. The van der Waals surface area contributed by atoms with E-state index >= 15 is 0 Å². The molecule has 7 heteroatoms. The molecule has 0 radical (unpaired) electrons. The number of carbonyl (C=O) groups excluding carboxylic acids is 2. The Kier molecular flexibility index (Phi) is 4.94. The van der Waals surface area contributed by atoms with E-state index in [1.165, 1.54) is 0 Å². The summed E-state index contributed by atoms with van der Waals surface area (Å²) in [6.45, 7) is 1.67. The van der Waals surface area contributed by atoms with Gasteiger partial charge in [0.05, 0.1) is 23.2 Å². The topological polar surface area (TPSA) is 86.9 Å². The number of hydrogen-bond donors (Lipinski definition) is 3. The molecule has 21 heavy (non-hydrogen) atoms. The number of nitrogens with one attached hydrogen (secondary N) is 3. The van der Waals surface area contributed by atoms with Crippen LogP contribution in [0.1, 0.15) is 29.1 Å². The smallest absolute Gasteiger partial charge is 0.253 e. The second kappa shape index (κ2) is 6.90. The fraction of sp³-hybridized carbons (Fsp3) is 0.214. The molecule has 0 aliphatic carbocycles. The van der Waals surface area contributed by atoms with Gasteiger partial charge < -0.3 is 15.6 Å². The van der Waals surface area contributed by atoms with Crippen LogP contribution in [0.25, 0.3) is 0 Å². The van der Waals surface area contributed by atoms with Crippen LogP contribution in [-0.2, 0) is 4.79 Å². The van der Waals surface area contributed by atoms with Crippen LogP contribution in [0.15, 0.2) is 36.7 Å². The Morgan fingerprint density at radius 2 is 2.14 bits per heavy atom. The number of halogens is 1. The molecule has 1 unspecified atom stereocenters. The Morgan fingerprint density at radius 1 is 1.38 bits per heavy atom. The monoisotopic (exact) mass is 306 g/mol. The van der Waals surface area contributed by atoms with E-state index in [1.54, 1.807) is 43.6 Å². The summed E-state index contributed by atoms with van der Waals surface area (Å²) in [6.07, 6.45) is 3.29. The van der Waals surface area contributed by atoms with E-state index < -0.39 is 0 Å². The first-order valence-electron chi connectivity index (χ1n) is 6.39. The predicted molar refractivity (Wildman–Crippen MR) is 78.9 cm³/mol. The molecule has 0 aliphatic heterocycles. The van der Waals surface area contributed by atoms with Crippen molar-refractivity contribution in [2.45, 2.75) is 13.0 Å². The van der Waals surface area contributed by atoms with Crippen molar-refractivity contribution in [3.63, 3.8) is 0 Å². The zero-order chi connectivity index (χ0) is 15.2. The van der Waals surface area contributed by atoms with Gasteiger partial charge in [0.1, 0.15) is 5.82 Å². The van der Waals surface area contributed by atoms with E-state index in [-0.39, 0.29) is 24.4 Å². The lowest BCUT2D eigenvalue weighted by Crippen LogP contribution is -2.38. The Labute approximate surface area is 126 Å². The van der Waals surface area contributed by atoms with Crippen molar-refractivity contribution in [1.82, 2.24) is 20.6 Å². The van der Waals surface area contributed by atoms with Crippen molar-refractivity contribution in [2.75, 3.05) is 6.54 Å². The second-order valence-corrected chi connectivity index (χ2v) is 4.83. The Hall–Kier alpha value is -2.34. The normalized spacial score (nSPS) is 11.7. The van der Waals surface area contributed by atoms with Crippen LogP contribution in [-0.4, -0.2) is 28.3 Å². The number of H-pyrrole nitrogens is 1. The number of aromatic nitrogens is 2. The lowest BCUT2D eigenvalue weighted by molar-refractivity contribution is -0.120. The van der Waals surface area contributed by atoms with Gasteiger partial charge in [-0.2, -0.15) is 0 Å². The van der Waals surface area contributed by atoms with E-state index in [0.29, 0.717) is 16.4 Å². The average molecular weight is 307 g/mol. The van der Waals surface area contributed by atoms with Crippen LogP contribution < -0.4 is 10.6 Å². The van der Waals surface area contributed by atoms with Gasteiger partial charge in [-0.3, -0.25) is 9.59 Å². The highest BCUT2D eigenvalue weighted by molar-refractivity contribution is 6.33. The minimum absolute atomic E-state index is 0.130. The van der Waals surface area contributed by atoms with E-state index in [4.69, 9.17) is 11.6 Å². The molecule has 2 rings (SSSR count). The molecule has 0 saturated carbocycles. The van der Waals surface area contributed by atoms with E-state index in [1.807, 2.05) is 0 Å². The third-order valence-electron chi connectivity index (χ3n) is 2.84. The molecule has 2 aromatic rings. The molecule has 110 valence electrons. The standard InChI is InChI=1S/C14H15ClN4O2/c1-9(13-16-6-7-17-13)19-12(20)8-18-14(21)10-4-2-3-5-11(10)15/h2-7,9H,8H2,1H3,(H,16,17)(H,18,21)(H,19,20). The first-order chi connectivity index (χ1) is 10.1. The van der Waals surface area contributed by atoms with Gasteiger partial charge in [-0.05, 0) is 19.1 Å². The Morgan fingerprint density at radius 3 is 2.81 bits per heavy atom. The number of nitrogens with zero attached hydrogens (tertiary/aromatic N) is 1. The van der Waals surface area contributed by atoms with Crippen LogP contribution in [0.3, 0.4) is 0 Å². The number of benzene rings is 1. The zero-order valence-corrected chi connectivity index (χ0v) is 12.1. The highest BCUT2D eigenvalue weighted by Crippen LogP contribution is 2.14. The number of rotatable bonds is 5. The van der Waals surface area contributed by atoms with Gasteiger partial charge in [-0.1, -0.05) is 23.7 Å². The third kappa shape index (κ3) is 4.06. The highest BCUT2D eigenvalue weighted by Gasteiger charge is 2.14. The fourth-order valence-electron chi connectivity index (χ4n) is 1.78. The quantitative estimate of drug-likeness (QED) is 0.785. The van der Waals surface area contributed by atoms with Crippen LogP contribution in [0.2, 0.25) is 5.02 Å². The molecule has 1 heterocycles. The van der Waals surface area contributed by atoms with Crippen LogP contribution >= 0.6 is 11.6 Å². The lowest BCUT2D eigenvalue weighted by Gasteiger charge is -2.12. The first-order valence-corrected chi connectivity index (χ1v) is 6.77. The number of hydrogen-bond acceptors (Lipinski definition) is 3. The minimum Gasteiger partial charge on any atom is -0.347 e. The Balaban J connectivity index is 1.84. The van der Waals surface area contributed by atoms with Crippen molar-refractivity contribution >= 4 is 23.4 Å². The van der Waals surface area contributed by atoms with Crippen molar-refractivity contribution in [1.29, 1.82) is 0 Å². The Bertz CT molecular complexity index is 628. The maximum atomic E-state index is 11.9. The summed E-state index contributed by atoms with van der Waals surface area (Å²) in [7, 11) is 0. The maximum Gasteiger partial charge on any atom is 0.253 e. The van der Waals surface area contributed by atoms with Gasteiger partial charge in [-0.25, -0.2) is 4.98 Å². The van der Waals surface area contributed by atoms with Gasteiger partial charge in [0.25, 0.3) is 5.91 Å². The molecule has 0 spiro atoms. The number of aromatic amines is 1. The average Bonchev–Trinajstić information content (AvgIpc) is 2.99. The largest absolute Gasteiger partial charge is 0.347 e. The number of amides is 2. The molecule has 0 bridgehead atoms. The minimum atomic E-state index is -0.388. The fourth-order valence-corrected chi connectivity index (χ4v) is 2.00. The molecule has 2 amide bonds. The third-order valence-corrected chi connectivity index (χ3v) is 3.16. The molecule has 0 saturated heterocycles. The van der Waals surface area contributed by atoms with Gasteiger partial charge in [0.15, 0.2) is 0 Å². The summed E-state index contributed by atoms with van der Waals surface area (Å²) >= 11 is 5.91. The second-order valence-electron chi connectivity index (χ2n) is 4.43. The van der Waals surface area contributed by atoms with Crippen molar-refractivity contribution in [2.24, 2.45) is 0 Å². The van der Waals surface area contributed by atoms with E-state index in [2.05, 4.69) is 20.6 Å².